The second-order valence-electron chi connectivity index (χ2n) is 5.22. The molecule has 0 unspecified atom stereocenters. The van der Waals surface area contributed by atoms with E-state index in [1.54, 1.807) is 11.3 Å². The number of carbonyl (C=O) groups is 1. The zero-order chi connectivity index (χ0) is 17.8. The number of para-hydroxylation sites is 1. The van der Waals surface area contributed by atoms with E-state index >= 15 is 0 Å². The first-order chi connectivity index (χ1) is 12.1. The van der Waals surface area contributed by atoms with Gasteiger partial charge in [0, 0.05) is 24.6 Å². The van der Waals surface area contributed by atoms with E-state index < -0.39 is 4.92 Å². The summed E-state index contributed by atoms with van der Waals surface area (Å²) in [5, 5.41) is 14.7. The van der Waals surface area contributed by atoms with E-state index in [-0.39, 0.29) is 22.9 Å². The third-order valence-electron chi connectivity index (χ3n) is 3.60. The molecule has 0 fully saturated rings. The molecular formula is C17H15N3O4S. The average molecular weight is 357 g/mol. The Hall–Kier alpha value is -3.00. The lowest BCUT2D eigenvalue weighted by Crippen LogP contribution is -2.25. The van der Waals surface area contributed by atoms with Crippen molar-refractivity contribution < 1.29 is 14.5 Å². The molecule has 3 aromatic rings. The number of nitrogens with one attached hydrogen (secondary N) is 1. The number of hydrogen-bond donors (Lipinski definition) is 1. The van der Waals surface area contributed by atoms with Crippen LogP contribution in [0.1, 0.15) is 15.4 Å². The minimum absolute atomic E-state index is 0.121. The second kappa shape index (κ2) is 7.27. The molecular weight excluding hydrogens is 342 g/mol. The molecule has 2 aromatic carbocycles. The molecule has 1 heterocycles. The number of fused-ring (bicyclic) bond motifs is 1. The van der Waals surface area contributed by atoms with Crippen LogP contribution in [-0.2, 0) is 6.42 Å². The van der Waals surface area contributed by atoms with E-state index in [0.29, 0.717) is 13.0 Å². The topological polar surface area (TPSA) is 94.4 Å². The molecule has 0 saturated carbocycles. The van der Waals surface area contributed by atoms with E-state index in [0.717, 1.165) is 15.2 Å². The molecule has 0 aliphatic rings. The largest absolute Gasteiger partial charge is 0.490 e. The van der Waals surface area contributed by atoms with Crippen molar-refractivity contribution in [2.45, 2.75) is 6.42 Å². The molecule has 8 heteroatoms. The molecule has 0 bridgehead atoms. The number of thiazole rings is 1. The average Bonchev–Trinajstić information content (AvgIpc) is 3.03. The Labute approximate surface area is 147 Å². The predicted octanol–water partition coefficient (Wildman–Crippen LogP) is 3.19. The molecule has 0 radical (unpaired) electrons. The van der Waals surface area contributed by atoms with Gasteiger partial charge in [-0.05, 0) is 24.3 Å². The molecule has 3 rings (SSSR count). The van der Waals surface area contributed by atoms with Gasteiger partial charge in [0.2, 0.25) is 0 Å². The first kappa shape index (κ1) is 16.8. The van der Waals surface area contributed by atoms with Crippen LogP contribution < -0.4 is 10.1 Å². The highest BCUT2D eigenvalue weighted by molar-refractivity contribution is 7.18. The highest BCUT2D eigenvalue weighted by atomic mass is 32.1. The fraction of sp³-hybridized carbons (Fsp3) is 0.176. The molecule has 7 nitrogen and oxygen atoms in total. The number of methoxy groups -OCH3 is 1. The van der Waals surface area contributed by atoms with Gasteiger partial charge in [-0.15, -0.1) is 11.3 Å². The zero-order valence-corrected chi connectivity index (χ0v) is 14.2. The predicted molar refractivity (Wildman–Crippen MR) is 95.3 cm³/mol. The molecule has 0 spiro atoms. The maximum Gasteiger partial charge on any atom is 0.311 e. The number of nitrogens with zero attached hydrogens (tertiary/aromatic N) is 2. The van der Waals surface area contributed by atoms with Crippen LogP contribution >= 0.6 is 11.3 Å². The summed E-state index contributed by atoms with van der Waals surface area (Å²) in [6.07, 6.45) is 0.601. The molecule has 0 saturated heterocycles. The van der Waals surface area contributed by atoms with E-state index in [1.165, 1.54) is 25.3 Å². The van der Waals surface area contributed by atoms with Gasteiger partial charge < -0.3 is 10.1 Å². The summed E-state index contributed by atoms with van der Waals surface area (Å²) in [5.74, 6) is -0.247. The number of nitro benzene ring substituents is 1. The maximum atomic E-state index is 12.2. The molecule has 0 aliphatic carbocycles. The zero-order valence-electron chi connectivity index (χ0n) is 13.4. The van der Waals surface area contributed by atoms with Crippen molar-refractivity contribution in [2.24, 2.45) is 0 Å². The van der Waals surface area contributed by atoms with Gasteiger partial charge in [0.1, 0.15) is 0 Å². The number of amides is 1. The highest BCUT2D eigenvalue weighted by Crippen LogP contribution is 2.27. The van der Waals surface area contributed by atoms with Crippen LogP contribution in [-0.4, -0.2) is 29.5 Å². The summed E-state index contributed by atoms with van der Waals surface area (Å²) in [6.45, 7) is 0.401. The van der Waals surface area contributed by atoms with Crippen molar-refractivity contribution in [3.8, 4) is 5.75 Å². The first-order valence-electron chi connectivity index (χ1n) is 7.53. The van der Waals surface area contributed by atoms with E-state index in [4.69, 9.17) is 4.74 Å². The number of ether oxygens (including phenoxy) is 1. The van der Waals surface area contributed by atoms with Crippen LogP contribution in [0.4, 0.5) is 5.69 Å². The van der Waals surface area contributed by atoms with Crippen molar-refractivity contribution in [1.82, 2.24) is 10.3 Å². The third-order valence-corrected chi connectivity index (χ3v) is 4.70. The highest BCUT2D eigenvalue weighted by Gasteiger charge is 2.18. The fourth-order valence-electron chi connectivity index (χ4n) is 2.39. The lowest BCUT2D eigenvalue weighted by Gasteiger charge is -2.06. The van der Waals surface area contributed by atoms with Crippen molar-refractivity contribution in [2.75, 3.05) is 13.7 Å². The van der Waals surface area contributed by atoms with Crippen molar-refractivity contribution >= 4 is 33.1 Å². The Balaban J connectivity index is 1.64. The normalized spacial score (nSPS) is 10.6. The SMILES string of the molecule is COc1ccc(C(=O)NCCc2nc3ccccc3s2)cc1[N+](=O)[O-]. The van der Waals surface area contributed by atoms with E-state index in [9.17, 15) is 14.9 Å². The van der Waals surface area contributed by atoms with Gasteiger partial charge in [0.15, 0.2) is 5.75 Å². The fourth-order valence-corrected chi connectivity index (χ4v) is 3.35. The maximum absolute atomic E-state index is 12.2. The first-order valence-corrected chi connectivity index (χ1v) is 8.35. The number of benzene rings is 2. The molecule has 0 aliphatic heterocycles. The smallest absolute Gasteiger partial charge is 0.311 e. The van der Waals surface area contributed by atoms with Crippen LogP contribution in [0.15, 0.2) is 42.5 Å². The van der Waals surface area contributed by atoms with Gasteiger partial charge in [0.25, 0.3) is 5.91 Å². The molecule has 128 valence electrons. The summed E-state index contributed by atoms with van der Waals surface area (Å²) in [5.41, 5.74) is 0.928. The Kier molecular flexibility index (Phi) is 4.90. The lowest BCUT2D eigenvalue weighted by atomic mass is 10.1. The molecule has 0 atom stereocenters. The van der Waals surface area contributed by atoms with Gasteiger partial charge in [0.05, 0.1) is 27.3 Å². The number of aromatic nitrogens is 1. The van der Waals surface area contributed by atoms with Gasteiger partial charge >= 0.3 is 5.69 Å². The van der Waals surface area contributed by atoms with Crippen LogP contribution in [0.25, 0.3) is 10.2 Å². The number of carbonyl (C=O) groups excluding carboxylic acids is 1. The van der Waals surface area contributed by atoms with E-state index in [2.05, 4.69) is 10.3 Å². The van der Waals surface area contributed by atoms with Gasteiger partial charge in [-0.2, -0.15) is 0 Å². The van der Waals surface area contributed by atoms with Gasteiger partial charge in [-0.1, -0.05) is 12.1 Å². The van der Waals surface area contributed by atoms with Crippen molar-refractivity contribution in [3.63, 3.8) is 0 Å². The number of hydrogen-bond acceptors (Lipinski definition) is 6. The summed E-state index contributed by atoms with van der Waals surface area (Å²) < 4.78 is 6.04. The third kappa shape index (κ3) is 3.74. The van der Waals surface area contributed by atoms with E-state index in [1.807, 2.05) is 24.3 Å². The lowest BCUT2D eigenvalue weighted by molar-refractivity contribution is -0.385. The standard InChI is InChI=1S/C17H15N3O4S/c1-24-14-7-6-11(10-13(14)20(22)23)17(21)18-9-8-16-19-12-4-2-3-5-15(12)25-16/h2-7,10H,8-9H2,1H3,(H,18,21). The summed E-state index contributed by atoms with van der Waals surface area (Å²) in [4.78, 5) is 27.1. The van der Waals surface area contributed by atoms with Crippen LogP contribution in [0.3, 0.4) is 0 Å². The Morgan fingerprint density at radius 3 is 2.84 bits per heavy atom. The summed E-state index contributed by atoms with van der Waals surface area (Å²) in [7, 11) is 1.35. The summed E-state index contributed by atoms with van der Waals surface area (Å²) >= 11 is 1.59. The summed E-state index contributed by atoms with van der Waals surface area (Å²) in [6, 6.07) is 12.0. The second-order valence-corrected chi connectivity index (χ2v) is 6.34. The minimum Gasteiger partial charge on any atom is -0.490 e. The van der Waals surface area contributed by atoms with Crippen LogP contribution in [0.2, 0.25) is 0 Å². The van der Waals surface area contributed by atoms with Crippen molar-refractivity contribution in [1.29, 1.82) is 0 Å². The quantitative estimate of drug-likeness (QED) is 0.540. The van der Waals surface area contributed by atoms with Gasteiger partial charge in [-0.25, -0.2) is 4.98 Å². The Morgan fingerprint density at radius 2 is 2.12 bits per heavy atom. The van der Waals surface area contributed by atoms with Gasteiger partial charge in [-0.3, -0.25) is 14.9 Å². The van der Waals surface area contributed by atoms with Crippen molar-refractivity contribution in [3.05, 3.63) is 63.1 Å². The minimum atomic E-state index is -0.573. The Morgan fingerprint density at radius 1 is 1.32 bits per heavy atom. The molecule has 25 heavy (non-hydrogen) atoms. The molecule has 1 amide bonds. The van der Waals surface area contributed by atoms with Crippen LogP contribution in [0, 0.1) is 10.1 Å². The monoisotopic (exact) mass is 357 g/mol. The molecule has 1 N–H and O–H groups in total. The number of nitro groups is 1. The molecule has 1 aromatic heterocycles. The van der Waals surface area contributed by atoms with Crippen LogP contribution in [0.5, 0.6) is 5.75 Å². The Bertz CT molecular complexity index is 906. The number of rotatable bonds is 6.